The van der Waals surface area contributed by atoms with Gasteiger partial charge in [-0.3, -0.25) is 14.5 Å². The lowest BCUT2D eigenvalue weighted by Crippen LogP contribution is -2.49. The first-order chi connectivity index (χ1) is 15.0. The number of likely N-dealkylation sites (tertiary alicyclic amines) is 1. The molecule has 1 N–H and O–H groups in total. The average Bonchev–Trinajstić information content (AvgIpc) is 3.24. The van der Waals surface area contributed by atoms with Crippen LogP contribution in [0.3, 0.4) is 0 Å². The number of hydrogen-bond acceptors (Lipinski definition) is 5. The summed E-state index contributed by atoms with van der Waals surface area (Å²) in [4.78, 5) is 11.7. The Morgan fingerprint density at radius 1 is 1.19 bits per heavy atom. The minimum absolute atomic E-state index is 0.134. The largest absolute Gasteiger partial charge is 0.497 e. The number of anilines is 1. The molecule has 3 aromatic rings. The lowest BCUT2D eigenvalue weighted by Gasteiger charge is -2.46. The number of rotatable bonds is 4. The maximum Gasteiger partial charge on any atom is 0.119 e. The van der Waals surface area contributed by atoms with E-state index in [0.717, 1.165) is 66.0 Å². The van der Waals surface area contributed by atoms with E-state index in [1.54, 1.807) is 7.11 Å². The van der Waals surface area contributed by atoms with Gasteiger partial charge < -0.3 is 10.1 Å². The van der Waals surface area contributed by atoms with Crippen molar-refractivity contribution >= 4 is 17.3 Å². The highest BCUT2D eigenvalue weighted by molar-refractivity contribution is 6.31. The van der Waals surface area contributed by atoms with E-state index < -0.39 is 0 Å². The van der Waals surface area contributed by atoms with Crippen LogP contribution in [0.5, 0.6) is 5.75 Å². The molecular weight excluding hydrogens is 410 g/mol. The Kier molecular flexibility index (Phi) is 5.15. The second-order valence-electron chi connectivity index (χ2n) is 8.83. The summed E-state index contributed by atoms with van der Waals surface area (Å²) in [7, 11) is 1.69. The van der Waals surface area contributed by atoms with Crippen LogP contribution in [0.4, 0.5) is 5.69 Å². The molecule has 31 heavy (non-hydrogen) atoms. The van der Waals surface area contributed by atoms with Crippen molar-refractivity contribution in [3.05, 3.63) is 65.0 Å². The van der Waals surface area contributed by atoms with Crippen molar-refractivity contribution in [3.63, 3.8) is 0 Å². The lowest BCUT2D eigenvalue weighted by atomic mass is 9.82. The van der Waals surface area contributed by atoms with Gasteiger partial charge in [-0.25, -0.2) is 4.98 Å². The summed E-state index contributed by atoms with van der Waals surface area (Å²) in [6, 6.07) is 7.94. The molecule has 0 atom stereocenters. The number of fused-ring (bicyclic) bond motifs is 4. The SMILES string of the molecule is COc1ccc(Cl)c(CN2CCC3(CC2)Nc2cnccc2-n2c3cnc2C(C)C)c1. The number of aromatic nitrogens is 3. The third-order valence-electron chi connectivity index (χ3n) is 6.57. The molecule has 2 aliphatic heterocycles. The number of piperidine rings is 1. The van der Waals surface area contributed by atoms with E-state index in [2.05, 4.69) is 45.9 Å². The molecule has 0 amide bonds. The van der Waals surface area contributed by atoms with Gasteiger partial charge in [0, 0.05) is 36.8 Å². The molecule has 162 valence electrons. The van der Waals surface area contributed by atoms with Crippen molar-refractivity contribution in [3.8, 4) is 11.4 Å². The molecule has 0 unspecified atom stereocenters. The van der Waals surface area contributed by atoms with Gasteiger partial charge in [0.25, 0.3) is 0 Å². The van der Waals surface area contributed by atoms with E-state index in [0.29, 0.717) is 5.92 Å². The third kappa shape index (κ3) is 3.48. The molecule has 2 aliphatic rings. The minimum atomic E-state index is -0.134. The highest BCUT2D eigenvalue weighted by Crippen LogP contribution is 2.44. The molecule has 6 nitrogen and oxygen atoms in total. The monoisotopic (exact) mass is 437 g/mol. The van der Waals surface area contributed by atoms with E-state index >= 15 is 0 Å². The molecule has 4 heterocycles. The van der Waals surface area contributed by atoms with Crippen LogP contribution in [-0.2, 0) is 12.1 Å². The van der Waals surface area contributed by atoms with Gasteiger partial charge in [-0.1, -0.05) is 25.4 Å². The molecular formula is C24H28ClN5O. The summed E-state index contributed by atoms with van der Waals surface area (Å²) < 4.78 is 7.73. The number of imidazole rings is 1. The zero-order valence-corrected chi connectivity index (χ0v) is 19.0. The van der Waals surface area contributed by atoms with Crippen LogP contribution in [0, 0.1) is 0 Å². The summed E-state index contributed by atoms with van der Waals surface area (Å²) in [6.45, 7) is 7.16. The minimum Gasteiger partial charge on any atom is -0.497 e. The Labute approximate surface area is 188 Å². The maximum absolute atomic E-state index is 6.46. The summed E-state index contributed by atoms with van der Waals surface area (Å²) in [5.41, 5.74) is 4.45. The number of benzene rings is 1. The summed E-state index contributed by atoms with van der Waals surface area (Å²) >= 11 is 6.46. The fraction of sp³-hybridized carbons (Fsp3) is 0.417. The standard InChI is InChI=1S/C24H28ClN5O/c1-16(2)23-27-14-22-24(28-20-13-26-9-6-21(20)30(22)23)7-10-29(11-8-24)15-17-12-18(31-3)4-5-19(17)25/h4-6,9,12-14,16,28H,7-8,10-11,15H2,1-3H3. The number of halogens is 1. The van der Waals surface area contributed by atoms with Crippen molar-refractivity contribution in [1.29, 1.82) is 0 Å². The Hall–Kier alpha value is -2.57. The quantitative estimate of drug-likeness (QED) is 0.624. The van der Waals surface area contributed by atoms with Crippen LogP contribution in [0.15, 0.2) is 42.9 Å². The number of nitrogens with one attached hydrogen (secondary N) is 1. The highest BCUT2D eigenvalue weighted by atomic mass is 35.5. The first-order valence-electron chi connectivity index (χ1n) is 10.9. The molecule has 2 aromatic heterocycles. The molecule has 1 spiro atoms. The van der Waals surface area contributed by atoms with E-state index in [4.69, 9.17) is 21.3 Å². The first kappa shape index (κ1) is 20.3. The van der Waals surface area contributed by atoms with Gasteiger partial charge in [0.15, 0.2) is 0 Å². The fourth-order valence-electron chi connectivity index (χ4n) is 4.88. The highest BCUT2D eigenvalue weighted by Gasteiger charge is 2.43. The zero-order valence-electron chi connectivity index (χ0n) is 18.2. The average molecular weight is 438 g/mol. The molecule has 0 bridgehead atoms. The summed E-state index contributed by atoms with van der Waals surface area (Å²) in [5, 5.41) is 4.63. The van der Waals surface area contributed by atoms with Crippen molar-refractivity contribution in [2.24, 2.45) is 0 Å². The predicted octanol–water partition coefficient (Wildman–Crippen LogP) is 4.97. The second kappa shape index (κ2) is 7.84. The number of nitrogens with zero attached hydrogens (tertiary/aromatic N) is 4. The van der Waals surface area contributed by atoms with E-state index in [1.165, 1.54) is 5.69 Å². The second-order valence-corrected chi connectivity index (χ2v) is 9.23. The normalized spacial score (nSPS) is 17.3. The van der Waals surface area contributed by atoms with Crippen molar-refractivity contribution in [2.75, 3.05) is 25.5 Å². The van der Waals surface area contributed by atoms with Gasteiger partial charge in [0.05, 0.1) is 42.1 Å². The first-order valence-corrected chi connectivity index (χ1v) is 11.2. The fourth-order valence-corrected chi connectivity index (χ4v) is 5.06. The Morgan fingerprint density at radius 3 is 2.74 bits per heavy atom. The number of ether oxygens (including phenoxy) is 1. The molecule has 7 heteroatoms. The van der Waals surface area contributed by atoms with Crippen molar-refractivity contribution in [2.45, 2.75) is 44.7 Å². The summed E-state index contributed by atoms with van der Waals surface area (Å²) in [5.74, 6) is 2.30. The smallest absolute Gasteiger partial charge is 0.119 e. The molecule has 1 aromatic carbocycles. The molecule has 5 rings (SSSR count). The Morgan fingerprint density at radius 2 is 2.00 bits per heavy atom. The van der Waals surface area contributed by atoms with Crippen LogP contribution < -0.4 is 10.1 Å². The van der Waals surface area contributed by atoms with Gasteiger partial charge in [-0.2, -0.15) is 0 Å². The van der Waals surface area contributed by atoms with Crippen molar-refractivity contribution in [1.82, 2.24) is 19.4 Å². The van der Waals surface area contributed by atoms with E-state index in [9.17, 15) is 0 Å². The van der Waals surface area contributed by atoms with Crippen LogP contribution in [-0.4, -0.2) is 39.6 Å². The van der Waals surface area contributed by atoms with Crippen LogP contribution in [0.1, 0.15) is 49.7 Å². The summed E-state index contributed by atoms with van der Waals surface area (Å²) in [6.07, 6.45) is 7.85. The van der Waals surface area contributed by atoms with Crippen molar-refractivity contribution < 1.29 is 4.74 Å². The van der Waals surface area contributed by atoms with Crippen LogP contribution >= 0.6 is 11.6 Å². The molecule has 1 fully saturated rings. The van der Waals surface area contributed by atoms with Gasteiger partial charge in [0.1, 0.15) is 11.6 Å². The number of methoxy groups -OCH3 is 1. The molecule has 1 saturated heterocycles. The van der Waals surface area contributed by atoms with Crippen LogP contribution in [0.2, 0.25) is 5.02 Å². The topological polar surface area (TPSA) is 55.2 Å². The Balaban J connectivity index is 1.42. The maximum atomic E-state index is 6.46. The van der Waals surface area contributed by atoms with E-state index in [-0.39, 0.29) is 5.54 Å². The molecule has 0 saturated carbocycles. The Bertz CT molecular complexity index is 1100. The third-order valence-corrected chi connectivity index (χ3v) is 6.93. The lowest BCUT2D eigenvalue weighted by molar-refractivity contribution is 0.161. The number of pyridine rings is 1. The zero-order chi connectivity index (χ0) is 21.6. The molecule has 0 radical (unpaired) electrons. The van der Waals surface area contributed by atoms with Crippen LogP contribution in [0.25, 0.3) is 5.69 Å². The molecule has 0 aliphatic carbocycles. The van der Waals surface area contributed by atoms with Gasteiger partial charge in [-0.15, -0.1) is 0 Å². The number of hydrogen-bond donors (Lipinski definition) is 1. The van der Waals surface area contributed by atoms with Gasteiger partial charge >= 0.3 is 0 Å². The van der Waals surface area contributed by atoms with Gasteiger partial charge in [-0.05, 0) is 42.7 Å². The predicted molar refractivity (Wildman–Crippen MR) is 123 cm³/mol. The van der Waals surface area contributed by atoms with E-state index in [1.807, 2.05) is 30.6 Å². The van der Waals surface area contributed by atoms with Gasteiger partial charge in [0.2, 0.25) is 0 Å².